The monoisotopic (exact) mass is 942 g/mol. The molecular weight excluding hydrogens is 839 g/mol. The highest BCUT2D eigenvalue weighted by atomic mass is 16.7. The topological polar surface area (TPSA) is 111 Å². The van der Waals surface area contributed by atoms with Crippen LogP contribution >= 0.6 is 0 Å². The van der Waals surface area contributed by atoms with Gasteiger partial charge in [-0.2, -0.15) is 0 Å². The lowest BCUT2D eigenvalue weighted by Crippen LogP contribution is -2.44. The molecule has 0 fully saturated rings. The lowest BCUT2D eigenvalue weighted by atomic mass is 10.0. The van der Waals surface area contributed by atoms with Crippen molar-refractivity contribution in [3.63, 3.8) is 0 Å². The van der Waals surface area contributed by atoms with Gasteiger partial charge in [-0.25, -0.2) is 0 Å². The summed E-state index contributed by atoms with van der Waals surface area (Å²) in [6.07, 6.45) is 58.2. The number of unbranched alkanes of at least 4 members (excludes halogenated alkanes) is 25. The van der Waals surface area contributed by atoms with Crippen molar-refractivity contribution in [3.05, 3.63) is 60.8 Å². The number of carboxylic acids is 1. The van der Waals surface area contributed by atoms with E-state index in [0.29, 0.717) is 17.4 Å². The maximum Gasteiger partial charge on any atom is 0.306 e. The Hall–Kier alpha value is -3.01. The van der Waals surface area contributed by atoms with E-state index < -0.39 is 24.3 Å². The Labute approximate surface area is 412 Å². The van der Waals surface area contributed by atoms with Gasteiger partial charge in [-0.3, -0.25) is 9.59 Å². The van der Waals surface area contributed by atoms with Gasteiger partial charge >= 0.3 is 11.9 Å². The average Bonchev–Trinajstić information content (AvgIpc) is 3.29. The number of quaternary nitrogens is 1. The third-order valence-electron chi connectivity index (χ3n) is 11.7. The zero-order valence-corrected chi connectivity index (χ0v) is 44.0. The predicted octanol–water partition coefficient (Wildman–Crippen LogP) is 14.3. The molecule has 0 heterocycles. The highest BCUT2D eigenvalue weighted by molar-refractivity contribution is 5.70. The summed E-state index contributed by atoms with van der Waals surface area (Å²) in [7, 11) is 5.92. The summed E-state index contributed by atoms with van der Waals surface area (Å²) >= 11 is 0. The van der Waals surface area contributed by atoms with Gasteiger partial charge in [0.2, 0.25) is 0 Å². The maximum atomic E-state index is 12.8. The van der Waals surface area contributed by atoms with Gasteiger partial charge in [0, 0.05) is 12.8 Å². The molecule has 0 radical (unpaired) electrons. The number of carbonyl (C=O) groups is 3. The van der Waals surface area contributed by atoms with E-state index in [2.05, 4.69) is 74.6 Å². The van der Waals surface area contributed by atoms with Gasteiger partial charge < -0.3 is 33.3 Å². The molecule has 0 rings (SSSR count). The van der Waals surface area contributed by atoms with Gasteiger partial charge in [-0.05, 0) is 77.0 Å². The number of carboxylic acid groups (broad SMARTS) is 1. The predicted molar refractivity (Wildman–Crippen MR) is 278 cm³/mol. The van der Waals surface area contributed by atoms with Crippen LogP contribution < -0.4 is 5.11 Å². The first-order chi connectivity index (χ1) is 32.6. The van der Waals surface area contributed by atoms with Crippen molar-refractivity contribution >= 4 is 17.9 Å². The highest BCUT2D eigenvalue weighted by Crippen LogP contribution is 2.15. The van der Waals surface area contributed by atoms with Crippen molar-refractivity contribution in [1.29, 1.82) is 0 Å². The van der Waals surface area contributed by atoms with Gasteiger partial charge in [0.25, 0.3) is 0 Å². The van der Waals surface area contributed by atoms with Crippen LogP contribution in [0.25, 0.3) is 0 Å². The van der Waals surface area contributed by atoms with Crippen molar-refractivity contribution in [2.45, 2.75) is 245 Å². The number of hydrogen-bond acceptors (Lipinski definition) is 8. The minimum atomic E-state index is -1.62. The van der Waals surface area contributed by atoms with E-state index in [1.54, 1.807) is 0 Å². The molecule has 0 N–H and O–H groups in total. The van der Waals surface area contributed by atoms with E-state index in [4.69, 9.17) is 18.9 Å². The Kier molecular flexibility index (Phi) is 47.2. The summed E-state index contributed by atoms with van der Waals surface area (Å²) in [5.41, 5.74) is 0. The average molecular weight is 942 g/mol. The molecule has 2 atom stereocenters. The number of rotatable bonds is 50. The molecule has 0 saturated heterocycles. The maximum absolute atomic E-state index is 12.8. The minimum absolute atomic E-state index is 0.145. The van der Waals surface area contributed by atoms with E-state index in [1.165, 1.54) is 128 Å². The van der Waals surface area contributed by atoms with Crippen molar-refractivity contribution in [1.82, 2.24) is 0 Å². The summed E-state index contributed by atoms with van der Waals surface area (Å²) in [6.45, 7) is 4.64. The molecule has 0 aromatic rings. The number of esters is 2. The molecular formula is C58H103NO8. The van der Waals surface area contributed by atoms with Crippen molar-refractivity contribution < 1.29 is 42.9 Å². The number of hydrogen-bond donors (Lipinski definition) is 0. The second-order valence-corrected chi connectivity index (χ2v) is 19.5. The Morgan fingerprint density at radius 3 is 1.28 bits per heavy atom. The first kappa shape index (κ1) is 64.0. The fourth-order valence-electron chi connectivity index (χ4n) is 7.52. The normalized spacial score (nSPS) is 13.3. The van der Waals surface area contributed by atoms with Crippen LogP contribution in [0.3, 0.4) is 0 Å². The summed E-state index contributed by atoms with van der Waals surface area (Å²) in [6, 6.07) is 0. The molecule has 0 aromatic carbocycles. The van der Waals surface area contributed by atoms with E-state index >= 15 is 0 Å². The number of ether oxygens (including phenoxy) is 4. The van der Waals surface area contributed by atoms with Gasteiger partial charge in [0.15, 0.2) is 12.4 Å². The molecule has 0 aromatic heterocycles. The summed E-state index contributed by atoms with van der Waals surface area (Å²) < 4.78 is 22.7. The van der Waals surface area contributed by atoms with E-state index in [9.17, 15) is 19.5 Å². The number of likely N-dealkylation sites (N-methyl/N-ethyl adjacent to an activating group) is 1. The second kappa shape index (κ2) is 49.4. The van der Waals surface area contributed by atoms with Crippen LogP contribution in [0, 0.1) is 0 Å². The molecule has 0 aliphatic rings. The van der Waals surface area contributed by atoms with Crippen LogP contribution in [-0.4, -0.2) is 82.3 Å². The molecule has 2 unspecified atom stereocenters. The zero-order valence-electron chi connectivity index (χ0n) is 44.0. The Morgan fingerprint density at radius 1 is 0.463 bits per heavy atom. The van der Waals surface area contributed by atoms with Gasteiger partial charge in [-0.1, -0.05) is 203 Å². The molecule has 0 bridgehead atoms. The van der Waals surface area contributed by atoms with Crippen LogP contribution in [0.2, 0.25) is 0 Å². The SMILES string of the molecule is CC/C=C\C/C=C\C/C=C\C/C=C\CCCCCCCCCCCCC(=O)OC(COC(=O)CCCCCCCCCCC/C=C\CCCCCCCC)COC(OCC[N+](C)(C)C)C(=O)[O-]. The molecule has 9 heteroatoms. The van der Waals surface area contributed by atoms with E-state index in [-0.39, 0.29) is 38.6 Å². The Balaban J connectivity index is 4.30. The lowest BCUT2D eigenvalue weighted by Gasteiger charge is -2.26. The molecule has 67 heavy (non-hydrogen) atoms. The summed E-state index contributed by atoms with van der Waals surface area (Å²) in [5.74, 6) is -2.29. The van der Waals surface area contributed by atoms with Crippen molar-refractivity contribution in [2.24, 2.45) is 0 Å². The first-order valence-electron chi connectivity index (χ1n) is 27.4. The number of aliphatic carboxylic acids is 1. The first-order valence-corrected chi connectivity index (χ1v) is 27.4. The van der Waals surface area contributed by atoms with Gasteiger partial charge in [0.05, 0.1) is 40.3 Å². The van der Waals surface area contributed by atoms with E-state index in [0.717, 1.165) is 70.6 Å². The number of allylic oxidation sites excluding steroid dienone is 10. The van der Waals surface area contributed by atoms with Crippen LogP contribution in [0.4, 0.5) is 0 Å². The highest BCUT2D eigenvalue weighted by Gasteiger charge is 2.22. The minimum Gasteiger partial charge on any atom is -0.545 e. The van der Waals surface area contributed by atoms with Gasteiger partial charge in [0.1, 0.15) is 13.2 Å². The molecule has 0 aliphatic heterocycles. The lowest BCUT2D eigenvalue weighted by molar-refractivity contribution is -0.870. The summed E-state index contributed by atoms with van der Waals surface area (Å²) in [5, 5.41) is 11.8. The van der Waals surface area contributed by atoms with Crippen LogP contribution in [0.1, 0.15) is 232 Å². The molecule has 388 valence electrons. The van der Waals surface area contributed by atoms with Crippen molar-refractivity contribution in [3.8, 4) is 0 Å². The third kappa shape index (κ3) is 50.7. The number of nitrogens with zero attached hydrogens (tertiary/aromatic N) is 1. The smallest absolute Gasteiger partial charge is 0.306 e. The molecule has 0 amide bonds. The summed E-state index contributed by atoms with van der Waals surface area (Å²) in [4.78, 5) is 37.2. The fourth-order valence-corrected chi connectivity index (χ4v) is 7.52. The largest absolute Gasteiger partial charge is 0.545 e. The van der Waals surface area contributed by atoms with Crippen LogP contribution in [-0.2, 0) is 33.3 Å². The molecule has 9 nitrogen and oxygen atoms in total. The number of carbonyl (C=O) groups excluding carboxylic acids is 3. The van der Waals surface area contributed by atoms with Crippen LogP contribution in [0.5, 0.6) is 0 Å². The Morgan fingerprint density at radius 2 is 0.851 bits per heavy atom. The third-order valence-corrected chi connectivity index (χ3v) is 11.7. The second-order valence-electron chi connectivity index (χ2n) is 19.5. The molecule has 0 saturated carbocycles. The van der Waals surface area contributed by atoms with Gasteiger partial charge in [-0.15, -0.1) is 0 Å². The molecule has 0 aliphatic carbocycles. The standard InChI is InChI=1S/C58H103NO8/c1-6-8-10-12-14-16-18-20-22-24-26-27-28-29-31-33-35-37-39-41-43-45-47-49-56(61)67-54(53-66-58(57(62)63)64-51-50-59(3,4)5)52-65-55(60)48-46-44-42-40-38-36-34-32-30-25-23-21-19-17-15-13-11-9-7-2/h8,10,14,16,20-23,26-27,54,58H,6-7,9,11-13,15,17-19,24-25,28-53H2,1-5H3/b10-8-,16-14-,22-20-,23-21-,27-26-. The zero-order chi connectivity index (χ0) is 49.2. The van der Waals surface area contributed by atoms with Crippen LogP contribution in [0.15, 0.2) is 60.8 Å². The fraction of sp³-hybridized carbons (Fsp3) is 0.776. The van der Waals surface area contributed by atoms with Crippen molar-refractivity contribution in [2.75, 3.05) is 47.5 Å². The Bertz CT molecular complexity index is 1280. The van der Waals surface area contributed by atoms with E-state index in [1.807, 2.05) is 21.1 Å². The molecule has 0 spiro atoms. The quantitative estimate of drug-likeness (QED) is 0.0195.